The SMILES string of the molecule is COC1=C[C@]23CCN(C)C(Cc4ccc(OC)c(O)c42)C3=C[C@H]1O. The highest BCUT2D eigenvalue weighted by Gasteiger charge is 2.51. The maximum Gasteiger partial charge on any atom is 0.162 e. The van der Waals surface area contributed by atoms with Crippen LogP contribution < -0.4 is 4.74 Å². The van der Waals surface area contributed by atoms with Gasteiger partial charge in [-0.25, -0.2) is 0 Å². The van der Waals surface area contributed by atoms with Gasteiger partial charge in [0.2, 0.25) is 0 Å². The summed E-state index contributed by atoms with van der Waals surface area (Å²) in [5, 5.41) is 21.3. The number of hydrogen-bond acceptors (Lipinski definition) is 5. The van der Waals surface area contributed by atoms with Gasteiger partial charge in [-0.3, -0.25) is 4.90 Å². The molecule has 2 aliphatic carbocycles. The zero-order valence-electron chi connectivity index (χ0n) is 14.2. The van der Waals surface area contributed by atoms with Gasteiger partial charge in [0.1, 0.15) is 11.9 Å². The standard InChI is InChI=1S/C19H23NO4/c1-20-7-6-19-10-16(24-3)14(21)9-12(19)13(20)8-11-4-5-15(23-2)18(22)17(11)19/h4-5,9-10,13-14,21-22H,6-8H2,1-3H3/t13?,14-,19+/m1/s1. The first-order valence-corrected chi connectivity index (χ1v) is 8.28. The van der Waals surface area contributed by atoms with Crippen molar-refractivity contribution in [2.45, 2.75) is 30.4 Å². The van der Waals surface area contributed by atoms with Crippen LogP contribution in [0.2, 0.25) is 0 Å². The van der Waals surface area contributed by atoms with E-state index in [1.165, 1.54) is 0 Å². The van der Waals surface area contributed by atoms with Crippen LogP contribution in [-0.4, -0.2) is 55.1 Å². The van der Waals surface area contributed by atoms with Gasteiger partial charge in [-0.15, -0.1) is 0 Å². The molecule has 128 valence electrons. The van der Waals surface area contributed by atoms with E-state index in [1.807, 2.05) is 24.3 Å². The molecule has 2 bridgehead atoms. The lowest BCUT2D eigenvalue weighted by Gasteiger charge is -2.53. The summed E-state index contributed by atoms with van der Waals surface area (Å²) in [6.45, 7) is 0.918. The van der Waals surface area contributed by atoms with Crippen molar-refractivity contribution in [2.24, 2.45) is 0 Å². The van der Waals surface area contributed by atoms with Crippen molar-refractivity contribution in [2.75, 3.05) is 27.8 Å². The summed E-state index contributed by atoms with van der Waals surface area (Å²) in [5.41, 5.74) is 2.75. The average molecular weight is 329 g/mol. The first-order valence-electron chi connectivity index (χ1n) is 8.28. The smallest absolute Gasteiger partial charge is 0.162 e. The van der Waals surface area contributed by atoms with Crippen LogP contribution in [0, 0.1) is 0 Å². The lowest BCUT2D eigenvalue weighted by Crippen LogP contribution is -2.54. The van der Waals surface area contributed by atoms with Crippen molar-refractivity contribution in [3.05, 3.63) is 46.7 Å². The molecule has 0 aromatic heterocycles. The lowest BCUT2D eigenvalue weighted by atomic mass is 9.58. The molecule has 1 saturated heterocycles. The van der Waals surface area contributed by atoms with Gasteiger partial charge in [0.05, 0.1) is 14.2 Å². The topological polar surface area (TPSA) is 62.2 Å². The van der Waals surface area contributed by atoms with Gasteiger partial charge in [0.15, 0.2) is 11.5 Å². The van der Waals surface area contributed by atoms with Crippen molar-refractivity contribution in [1.29, 1.82) is 0 Å². The molecule has 1 unspecified atom stereocenters. The van der Waals surface area contributed by atoms with Crippen molar-refractivity contribution >= 4 is 0 Å². The molecule has 0 radical (unpaired) electrons. The number of likely N-dealkylation sites (N-methyl/N-ethyl adjacent to an activating group) is 1. The zero-order chi connectivity index (χ0) is 17.1. The zero-order valence-corrected chi connectivity index (χ0v) is 14.2. The van der Waals surface area contributed by atoms with Crippen molar-refractivity contribution in [3.8, 4) is 11.5 Å². The molecule has 0 spiro atoms. The maximum atomic E-state index is 10.9. The van der Waals surface area contributed by atoms with E-state index in [4.69, 9.17) is 9.47 Å². The third-order valence-corrected chi connectivity index (χ3v) is 5.82. The number of phenols is 1. The second-order valence-corrected chi connectivity index (χ2v) is 6.89. The third-order valence-electron chi connectivity index (χ3n) is 5.82. The van der Waals surface area contributed by atoms with E-state index < -0.39 is 11.5 Å². The number of aromatic hydroxyl groups is 1. The van der Waals surface area contributed by atoms with Gasteiger partial charge in [-0.05, 0) is 55.8 Å². The monoisotopic (exact) mass is 329 g/mol. The molecule has 5 nitrogen and oxygen atoms in total. The van der Waals surface area contributed by atoms with Crippen molar-refractivity contribution in [1.82, 2.24) is 4.90 Å². The Morgan fingerprint density at radius 1 is 1.25 bits per heavy atom. The van der Waals surface area contributed by atoms with Crippen LogP contribution >= 0.6 is 0 Å². The number of benzene rings is 1. The average Bonchev–Trinajstić information content (AvgIpc) is 2.58. The molecule has 3 aliphatic rings. The molecule has 0 saturated carbocycles. The summed E-state index contributed by atoms with van der Waals surface area (Å²) < 4.78 is 10.8. The molecule has 1 aromatic rings. The van der Waals surface area contributed by atoms with Crippen molar-refractivity contribution < 1.29 is 19.7 Å². The van der Waals surface area contributed by atoms with Crippen LogP contribution in [0.5, 0.6) is 11.5 Å². The maximum absolute atomic E-state index is 10.9. The number of nitrogens with zero attached hydrogens (tertiary/aromatic N) is 1. The summed E-state index contributed by atoms with van der Waals surface area (Å²) in [5.74, 6) is 1.22. The predicted molar refractivity (Wildman–Crippen MR) is 90.3 cm³/mol. The Morgan fingerprint density at radius 3 is 2.75 bits per heavy atom. The molecule has 0 amide bonds. The summed E-state index contributed by atoms with van der Waals surface area (Å²) in [7, 11) is 5.26. The number of piperidine rings is 1. The number of aliphatic hydroxyl groups excluding tert-OH is 1. The second-order valence-electron chi connectivity index (χ2n) is 6.89. The Morgan fingerprint density at radius 2 is 2.04 bits per heavy atom. The van der Waals surface area contributed by atoms with Crippen LogP contribution in [0.3, 0.4) is 0 Å². The lowest BCUT2D eigenvalue weighted by molar-refractivity contribution is 0.131. The minimum atomic E-state index is -0.735. The molecule has 4 rings (SSSR count). The van der Waals surface area contributed by atoms with Gasteiger partial charge in [0.25, 0.3) is 0 Å². The minimum Gasteiger partial charge on any atom is -0.504 e. The third kappa shape index (κ3) is 1.88. The Hall–Kier alpha value is -1.98. The fraction of sp³-hybridized carbons (Fsp3) is 0.474. The Bertz CT molecular complexity index is 754. The van der Waals surface area contributed by atoms with Crippen LogP contribution in [0.4, 0.5) is 0 Å². The van der Waals surface area contributed by atoms with Gasteiger partial charge in [-0.1, -0.05) is 6.07 Å². The Balaban J connectivity index is 2.01. The normalized spacial score (nSPS) is 31.5. The Labute approximate surface area is 141 Å². The summed E-state index contributed by atoms with van der Waals surface area (Å²) in [4.78, 5) is 2.33. The molecule has 1 fully saturated rings. The molecule has 5 heteroatoms. The van der Waals surface area contributed by atoms with Crippen LogP contribution in [0.1, 0.15) is 17.5 Å². The van der Waals surface area contributed by atoms with Gasteiger partial charge in [-0.2, -0.15) is 0 Å². The largest absolute Gasteiger partial charge is 0.504 e. The molecule has 1 heterocycles. The number of methoxy groups -OCH3 is 2. The van der Waals surface area contributed by atoms with Crippen LogP contribution in [-0.2, 0) is 16.6 Å². The van der Waals surface area contributed by atoms with E-state index >= 15 is 0 Å². The van der Waals surface area contributed by atoms with E-state index in [-0.39, 0.29) is 11.8 Å². The highest BCUT2D eigenvalue weighted by Crippen LogP contribution is 2.56. The summed E-state index contributed by atoms with van der Waals surface area (Å²) in [6, 6.07) is 4.10. The number of ether oxygens (including phenoxy) is 2. The van der Waals surface area contributed by atoms with Crippen LogP contribution in [0.15, 0.2) is 35.6 Å². The number of aliphatic hydroxyl groups is 1. The van der Waals surface area contributed by atoms with E-state index in [1.54, 1.807) is 14.2 Å². The molecular formula is C19H23NO4. The molecule has 24 heavy (non-hydrogen) atoms. The fourth-order valence-electron chi connectivity index (χ4n) is 4.63. The quantitative estimate of drug-likeness (QED) is 0.809. The van der Waals surface area contributed by atoms with E-state index in [9.17, 15) is 10.2 Å². The number of fused-ring (bicyclic) bond motifs is 1. The number of hydrogen-bond donors (Lipinski definition) is 2. The predicted octanol–water partition coefficient (Wildman–Crippen LogP) is 1.73. The number of allylic oxidation sites excluding steroid dienone is 1. The number of phenolic OH excluding ortho intramolecular Hbond substituents is 1. The van der Waals surface area contributed by atoms with Gasteiger partial charge >= 0.3 is 0 Å². The fourth-order valence-corrected chi connectivity index (χ4v) is 4.63. The first kappa shape index (κ1) is 15.5. The second kappa shape index (κ2) is 5.26. The van der Waals surface area contributed by atoms with Crippen molar-refractivity contribution in [3.63, 3.8) is 0 Å². The van der Waals surface area contributed by atoms with Gasteiger partial charge < -0.3 is 19.7 Å². The highest BCUT2D eigenvalue weighted by molar-refractivity contribution is 5.64. The molecular weight excluding hydrogens is 306 g/mol. The molecule has 2 N–H and O–H groups in total. The molecule has 1 aliphatic heterocycles. The Kier molecular flexibility index (Phi) is 3.41. The van der Waals surface area contributed by atoms with E-state index in [2.05, 4.69) is 11.9 Å². The molecule has 3 atom stereocenters. The van der Waals surface area contributed by atoms with E-state index in [0.717, 1.165) is 36.1 Å². The molecule has 1 aromatic carbocycles. The summed E-state index contributed by atoms with van der Waals surface area (Å²) >= 11 is 0. The number of rotatable bonds is 2. The van der Waals surface area contributed by atoms with Gasteiger partial charge in [0, 0.05) is 17.0 Å². The van der Waals surface area contributed by atoms with E-state index in [0.29, 0.717) is 11.5 Å². The first-order chi connectivity index (χ1) is 11.5. The van der Waals surface area contributed by atoms with Crippen LogP contribution in [0.25, 0.3) is 0 Å². The summed E-state index contributed by atoms with van der Waals surface area (Å²) in [6.07, 6.45) is 4.82. The minimum absolute atomic E-state index is 0.201. The number of likely N-dealkylation sites (tertiary alicyclic amines) is 1. The highest BCUT2D eigenvalue weighted by atomic mass is 16.5.